The number of aromatic hydroxyl groups is 1. The van der Waals surface area contributed by atoms with E-state index in [4.69, 9.17) is 9.29 Å². The molecule has 0 amide bonds. The van der Waals surface area contributed by atoms with Gasteiger partial charge in [-0.1, -0.05) is 6.07 Å². The van der Waals surface area contributed by atoms with Gasteiger partial charge in [-0.3, -0.25) is 0 Å². The molecule has 0 aliphatic rings. The summed E-state index contributed by atoms with van der Waals surface area (Å²) in [5.74, 6) is 0.266. The first-order valence-electron chi connectivity index (χ1n) is 2.82. The van der Waals surface area contributed by atoms with E-state index in [2.05, 4.69) is 0 Å². The smallest absolute Gasteiger partial charge is 0.116 e. The molecule has 4 heteroatoms. The van der Waals surface area contributed by atoms with Crippen molar-refractivity contribution in [3.05, 3.63) is 24.3 Å². The van der Waals surface area contributed by atoms with Crippen LogP contribution in [0.25, 0.3) is 0 Å². The molecular weight excluding hydrogens is 239 g/mol. The second-order valence-electron chi connectivity index (χ2n) is 1.75. The van der Waals surface area contributed by atoms with E-state index in [-0.39, 0.29) is 32.0 Å². The molecule has 11 heavy (non-hydrogen) atoms. The molecule has 1 rings (SSSR count). The van der Waals surface area contributed by atoms with Crippen LogP contribution in [0, 0.1) is 0 Å². The molecule has 0 unspecified atom stereocenters. The minimum Gasteiger partial charge on any atom is -0.508 e. The topological polar surface area (TPSA) is 29.5 Å². The minimum atomic E-state index is 0. The third-order valence-electron chi connectivity index (χ3n) is 0.997. The monoisotopic (exact) mass is 246 g/mol. The van der Waals surface area contributed by atoms with Gasteiger partial charge in [-0.05, 0) is 18.2 Å². The van der Waals surface area contributed by atoms with Gasteiger partial charge in [0.25, 0.3) is 0 Å². The summed E-state index contributed by atoms with van der Waals surface area (Å²) in [6, 6.07) is 6.92. The van der Waals surface area contributed by atoms with Crippen molar-refractivity contribution in [2.24, 2.45) is 0 Å². The second kappa shape index (κ2) is 5.81. The molecule has 0 aromatic heterocycles. The van der Waals surface area contributed by atoms with Crippen molar-refractivity contribution >= 4 is 12.0 Å². The number of hydrogen-bond acceptors (Lipinski definition) is 3. The van der Waals surface area contributed by atoms with Crippen LogP contribution in [0.1, 0.15) is 0 Å². The van der Waals surface area contributed by atoms with E-state index >= 15 is 0 Å². The molecule has 0 spiro atoms. The van der Waals surface area contributed by atoms with Crippen LogP contribution in [-0.4, -0.2) is 12.2 Å². The molecule has 2 nitrogen and oxygen atoms in total. The van der Waals surface area contributed by atoms with Gasteiger partial charge in [0.1, 0.15) is 5.75 Å². The maximum absolute atomic E-state index is 8.97. The van der Waals surface area contributed by atoms with Crippen molar-refractivity contribution in [1.82, 2.24) is 0 Å². The zero-order valence-electron chi connectivity index (χ0n) is 6.07. The Kier molecular flexibility index (Phi) is 5.92. The third kappa shape index (κ3) is 3.95. The van der Waals surface area contributed by atoms with Crippen molar-refractivity contribution in [3.63, 3.8) is 0 Å². The Morgan fingerprint density at radius 3 is 2.73 bits per heavy atom. The van der Waals surface area contributed by atoms with Crippen LogP contribution in [0.4, 0.5) is 0 Å². The largest absolute Gasteiger partial charge is 0.508 e. The Bertz CT molecular complexity index is 217. The SMILES string of the molecule is COSc1cccc(O)c1.[Zr]. The molecule has 58 valence electrons. The van der Waals surface area contributed by atoms with Gasteiger partial charge in [0.2, 0.25) is 0 Å². The van der Waals surface area contributed by atoms with Crippen LogP contribution in [0.2, 0.25) is 0 Å². The molecule has 0 aliphatic heterocycles. The Hall–Kier alpha value is 0.213. The first-order valence-corrected chi connectivity index (χ1v) is 3.57. The zero-order chi connectivity index (χ0) is 7.40. The normalized spacial score (nSPS) is 8.82. The van der Waals surface area contributed by atoms with E-state index in [1.165, 1.54) is 12.0 Å². The van der Waals surface area contributed by atoms with Crippen LogP contribution in [0.3, 0.4) is 0 Å². The van der Waals surface area contributed by atoms with Gasteiger partial charge < -0.3 is 9.29 Å². The van der Waals surface area contributed by atoms with Crippen molar-refractivity contribution in [2.45, 2.75) is 4.90 Å². The average molecular weight is 247 g/mol. The van der Waals surface area contributed by atoms with Gasteiger partial charge >= 0.3 is 0 Å². The van der Waals surface area contributed by atoms with Crippen LogP contribution < -0.4 is 0 Å². The van der Waals surface area contributed by atoms with Gasteiger partial charge in [-0.15, -0.1) is 0 Å². The Balaban J connectivity index is 0.000001000. The molecule has 0 saturated heterocycles. The molecular formula is C7H8O2SZr. The summed E-state index contributed by atoms with van der Waals surface area (Å²) in [4.78, 5) is 0.905. The summed E-state index contributed by atoms with van der Waals surface area (Å²) in [5.41, 5.74) is 0. The van der Waals surface area contributed by atoms with E-state index in [0.29, 0.717) is 0 Å². The Morgan fingerprint density at radius 1 is 1.45 bits per heavy atom. The molecule has 0 saturated carbocycles. The molecule has 1 N–H and O–H groups in total. The molecule has 0 heterocycles. The van der Waals surface area contributed by atoms with Crippen LogP contribution in [0.5, 0.6) is 5.75 Å². The standard InChI is InChI=1S/C7H8O2S.Zr/c1-9-10-7-4-2-3-6(8)5-7;/h2-5,8H,1H3;. The maximum Gasteiger partial charge on any atom is 0.116 e. The van der Waals surface area contributed by atoms with Gasteiger partial charge in [-0.25, -0.2) is 0 Å². The first kappa shape index (κ1) is 11.2. The van der Waals surface area contributed by atoms with Crippen LogP contribution >= 0.6 is 12.0 Å². The van der Waals surface area contributed by atoms with E-state index < -0.39 is 0 Å². The molecule has 0 aliphatic carbocycles. The van der Waals surface area contributed by atoms with Gasteiger partial charge in [0, 0.05) is 43.1 Å². The third-order valence-corrected chi connectivity index (χ3v) is 1.61. The Morgan fingerprint density at radius 2 is 2.18 bits per heavy atom. The summed E-state index contributed by atoms with van der Waals surface area (Å²) in [5, 5.41) is 8.97. The molecule has 0 fully saturated rings. The van der Waals surface area contributed by atoms with Crippen molar-refractivity contribution in [1.29, 1.82) is 0 Å². The van der Waals surface area contributed by atoms with Gasteiger partial charge in [0.05, 0.1) is 7.11 Å². The van der Waals surface area contributed by atoms with Crippen LogP contribution in [-0.2, 0) is 30.4 Å². The predicted octanol–water partition coefficient (Wildman–Crippen LogP) is 2.04. The van der Waals surface area contributed by atoms with E-state index in [1.54, 1.807) is 25.3 Å². The first-order chi connectivity index (χ1) is 4.83. The maximum atomic E-state index is 8.97. The molecule has 1 aromatic carbocycles. The summed E-state index contributed by atoms with van der Waals surface area (Å²) >= 11 is 1.23. The number of hydrogen-bond donors (Lipinski definition) is 1. The quantitative estimate of drug-likeness (QED) is 0.811. The fourth-order valence-electron chi connectivity index (χ4n) is 0.632. The number of phenols is 1. The van der Waals surface area contributed by atoms with Gasteiger partial charge in [0.15, 0.2) is 0 Å². The number of phenolic OH excluding ortho intramolecular Hbond substituents is 1. The van der Waals surface area contributed by atoms with Crippen molar-refractivity contribution in [2.75, 3.05) is 7.11 Å². The average Bonchev–Trinajstić information content (AvgIpc) is 1.88. The molecule has 0 bridgehead atoms. The van der Waals surface area contributed by atoms with Gasteiger partial charge in [-0.2, -0.15) is 0 Å². The zero-order valence-corrected chi connectivity index (χ0v) is 9.35. The number of benzene rings is 1. The molecule has 1 aromatic rings. The summed E-state index contributed by atoms with van der Waals surface area (Å²) in [7, 11) is 1.59. The molecule has 0 radical (unpaired) electrons. The van der Waals surface area contributed by atoms with Crippen molar-refractivity contribution in [3.8, 4) is 5.75 Å². The fourth-order valence-corrected chi connectivity index (χ4v) is 1.13. The van der Waals surface area contributed by atoms with E-state index in [1.807, 2.05) is 6.07 Å². The number of rotatable bonds is 2. The van der Waals surface area contributed by atoms with E-state index in [0.717, 1.165) is 4.90 Å². The second-order valence-corrected chi connectivity index (χ2v) is 2.72. The summed E-state index contributed by atoms with van der Waals surface area (Å²) in [6.45, 7) is 0. The van der Waals surface area contributed by atoms with Crippen molar-refractivity contribution < 1.29 is 35.5 Å². The Labute approximate surface area is 89.3 Å². The van der Waals surface area contributed by atoms with E-state index in [9.17, 15) is 0 Å². The summed E-state index contributed by atoms with van der Waals surface area (Å²) in [6.07, 6.45) is 0. The summed E-state index contributed by atoms with van der Waals surface area (Å²) < 4.78 is 4.79. The minimum absolute atomic E-state index is 0. The fraction of sp³-hybridized carbons (Fsp3) is 0.143. The van der Waals surface area contributed by atoms with Crippen LogP contribution in [0.15, 0.2) is 29.2 Å². The molecule has 0 atom stereocenters. The predicted molar refractivity (Wildman–Crippen MR) is 41.0 cm³/mol.